The molecule has 0 saturated heterocycles. The highest BCUT2D eigenvalue weighted by atomic mass is 15.1. The average Bonchev–Trinajstić information content (AvgIpc) is 3.32. The smallest absolute Gasteiger partial charge is 0.116 e. The molecule has 1 heterocycles. The predicted octanol–water partition coefficient (Wildman–Crippen LogP) is 6.44. The van der Waals surface area contributed by atoms with E-state index in [2.05, 4.69) is 114 Å². The fourth-order valence-electron chi connectivity index (χ4n) is 5.90. The Kier molecular flexibility index (Phi) is 3.57. The van der Waals surface area contributed by atoms with Gasteiger partial charge in [0.15, 0.2) is 0 Å². The van der Waals surface area contributed by atoms with Crippen molar-refractivity contribution in [2.75, 3.05) is 5.32 Å². The van der Waals surface area contributed by atoms with Crippen LogP contribution in [-0.2, 0) is 5.41 Å². The van der Waals surface area contributed by atoms with Crippen LogP contribution < -0.4 is 10.6 Å². The largest absolute Gasteiger partial charge is 0.368 e. The molecule has 0 aromatic heterocycles. The normalized spacial score (nSPS) is 17.9. The number of benzene rings is 4. The molecule has 0 radical (unpaired) electrons. The maximum atomic E-state index is 3.64. The number of fused-ring (bicyclic) bond motifs is 10. The van der Waals surface area contributed by atoms with Crippen LogP contribution in [0.2, 0.25) is 0 Å². The van der Waals surface area contributed by atoms with Crippen molar-refractivity contribution in [3.63, 3.8) is 0 Å². The number of anilines is 1. The second-order valence-corrected chi connectivity index (χ2v) is 8.68. The zero-order chi connectivity index (χ0) is 21.1. The third kappa shape index (κ3) is 2.19. The molecule has 1 spiro atoms. The summed E-state index contributed by atoms with van der Waals surface area (Å²) >= 11 is 0. The Bertz CT molecular complexity index is 1380. The third-order valence-electron chi connectivity index (χ3n) is 7.11. The molecular formula is C30H22N2. The second-order valence-electron chi connectivity index (χ2n) is 8.68. The molecule has 2 aliphatic carbocycles. The first kappa shape index (κ1) is 17.6. The van der Waals surface area contributed by atoms with Crippen LogP contribution in [0, 0.1) is 0 Å². The molecule has 3 aliphatic rings. The van der Waals surface area contributed by atoms with E-state index in [4.69, 9.17) is 0 Å². The van der Waals surface area contributed by atoms with Crippen LogP contribution in [0.4, 0.5) is 5.69 Å². The van der Waals surface area contributed by atoms with Gasteiger partial charge in [-0.2, -0.15) is 0 Å². The fourth-order valence-corrected chi connectivity index (χ4v) is 5.90. The summed E-state index contributed by atoms with van der Waals surface area (Å²) in [4.78, 5) is 0. The zero-order valence-electron chi connectivity index (χ0n) is 17.5. The number of nitrogens with one attached hydrogen (secondary N) is 2. The third-order valence-corrected chi connectivity index (χ3v) is 7.11. The molecule has 4 aromatic carbocycles. The van der Waals surface area contributed by atoms with E-state index in [1.807, 2.05) is 12.3 Å². The van der Waals surface area contributed by atoms with Crippen LogP contribution in [0.25, 0.3) is 22.3 Å². The van der Waals surface area contributed by atoms with Crippen molar-refractivity contribution < 1.29 is 0 Å². The monoisotopic (exact) mass is 410 g/mol. The molecule has 0 bridgehead atoms. The van der Waals surface area contributed by atoms with Crippen molar-refractivity contribution in [2.45, 2.75) is 11.6 Å². The number of dihydropyridines is 1. The summed E-state index contributed by atoms with van der Waals surface area (Å²) in [6, 6.07) is 33.6. The molecule has 7 rings (SSSR count). The molecule has 1 unspecified atom stereocenters. The minimum atomic E-state index is -0.285. The molecule has 0 fully saturated rings. The topological polar surface area (TPSA) is 24.1 Å². The van der Waals surface area contributed by atoms with Crippen molar-refractivity contribution in [1.29, 1.82) is 0 Å². The van der Waals surface area contributed by atoms with Crippen molar-refractivity contribution in [3.05, 3.63) is 138 Å². The zero-order valence-corrected chi connectivity index (χ0v) is 17.5. The number of hydrogen-bond acceptors (Lipinski definition) is 2. The Morgan fingerprint density at radius 3 is 1.72 bits per heavy atom. The van der Waals surface area contributed by atoms with Crippen LogP contribution in [0.3, 0.4) is 0 Å². The van der Waals surface area contributed by atoms with Gasteiger partial charge >= 0.3 is 0 Å². The summed E-state index contributed by atoms with van der Waals surface area (Å²) in [5, 5.41) is 7.01. The Hall–Kier alpha value is -4.04. The van der Waals surface area contributed by atoms with Gasteiger partial charge in [-0.05, 0) is 75.0 Å². The summed E-state index contributed by atoms with van der Waals surface area (Å²) in [6.45, 7) is 0. The molecule has 1 atom stereocenters. The van der Waals surface area contributed by atoms with Gasteiger partial charge in [-0.25, -0.2) is 0 Å². The van der Waals surface area contributed by atoms with Crippen molar-refractivity contribution in [1.82, 2.24) is 5.32 Å². The van der Waals surface area contributed by atoms with Gasteiger partial charge in [0.1, 0.15) is 6.17 Å². The van der Waals surface area contributed by atoms with Crippen LogP contribution in [-0.4, -0.2) is 6.17 Å². The standard InChI is InChI=1S/C30H22N2/c1-4-12-25-21(9-1)22-10-2-5-13-26(22)30(25)27-14-6-3-11-23(27)24-17-16-20(19-28(24)30)32-29-15-7-8-18-31-29/h1-19,29,31-32H. The molecule has 0 saturated carbocycles. The van der Waals surface area contributed by atoms with Gasteiger partial charge in [-0.1, -0.05) is 84.9 Å². The van der Waals surface area contributed by atoms with E-state index in [9.17, 15) is 0 Å². The van der Waals surface area contributed by atoms with Gasteiger partial charge in [0, 0.05) is 5.69 Å². The van der Waals surface area contributed by atoms with Gasteiger partial charge in [0.25, 0.3) is 0 Å². The van der Waals surface area contributed by atoms with E-state index in [1.54, 1.807) is 0 Å². The average molecular weight is 411 g/mol. The summed E-state index contributed by atoms with van der Waals surface area (Å²) in [6.07, 6.45) is 8.28. The van der Waals surface area contributed by atoms with Crippen LogP contribution in [0.5, 0.6) is 0 Å². The Morgan fingerprint density at radius 1 is 0.594 bits per heavy atom. The Balaban J connectivity index is 1.52. The second kappa shape index (κ2) is 6.48. The van der Waals surface area contributed by atoms with E-state index in [1.165, 1.54) is 44.5 Å². The van der Waals surface area contributed by atoms with Gasteiger partial charge < -0.3 is 10.6 Å². The maximum Gasteiger partial charge on any atom is 0.116 e. The summed E-state index contributed by atoms with van der Waals surface area (Å²) in [5.41, 5.74) is 11.7. The minimum absolute atomic E-state index is 0.0842. The lowest BCUT2D eigenvalue weighted by Crippen LogP contribution is -2.32. The SMILES string of the molecule is C1=CNC(Nc2ccc3c(c2)C2(c4ccccc4-c4ccccc42)c2ccccc2-3)C=C1. The van der Waals surface area contributed by atoms with E-state index >= 15 is 0 Å². The van der Waals surface area contributed by atoms with E-state index in [-0.39, 0.29) is 11.6 Å². The molecule has 2 heteroatoms. The molecule has 2 nitrogen and oxygen atoms in total. The highest BCUT2D eigenvalue weighted by Crippen LogP contribution is 2.62. The van der Waals surface area contributed by atoms with Crippen molar-refractivity contribution in [3.8, 4) is 22.3 Å². The number of allylic oxidation sites excluding steroid dienone is 2. The predicted molar refractivity (Wildman–Crippen MR) is 132 cm³/mol. The van der Waals surface area contributed by atoms with Crippen LogP contribution >= 0.6 is 0 Å². The lowest BCUT2D eigenvalue weighted by atomic mass is 9.70. The lowest BCUT2D eigenvalue weighted by Gasteiger charge is -2.31. The quantitative estimate of drug-likeness (QED) is 0.343. The molecule has 0 amide bonds. The molecular weight excluding hydrogens is 388 g/mol. The first-order valence-corrected chi connectivity index (χ1v) is 11.2. The van der Waals surface area contributed by atoms with Crippen molar-refractivity contribution >= 4 is 5.69 Å². The lowest BCUT2D eigenvalue weighted by molar-refractivity contribution is 0.771. The van der Waals surface area contributed by atoms with Gasteiger partial charge in [0.05, 0.1) is 5.41 Å². The Labute approximate surface area is 187 Å². The number of rotatable bonds is 2. The minimum Gasteiger partial charge on any atom is -0.368 e. The summed E-state index contributed by atoms with van der Waals surface area (Å²) in [7, 11) is 0. The fraction of sp³-hybridized carbons (Fsp3) is 0.0667. The van der Waals surface area contributed by atoms with E-state index in [0.717, 1.165) is 5.69 Å². The van der Waals surface area contributed by atoms with Crippen molar-refractivity contribution in [2.24, 2.45) is 0 Å². The highest BCUT2D eigenvalue weighted by molar-refractivity contribution is 5.95. The van der Waals surface area contributed by atoms with Gasteiger partial charge in [-0.3, -0.25) is 0 Å². The molecule has 152 valence electrons. The Morgan fingerprint density at radius 2 is 1.16 bits per heavy atom. The molecule has 1 aliphatic heterocycles. The first-order chi connectivity index (χ1) is 15.9. The molecule has 4 aromatic rings. The van der Waals surface area contributed by atoms with E-state index < -0.39 is 0 Å². The number of hydrogen-bond donors (Lipinski definition) is 2. The summed E-state index contributed by atoms with van der Waals surface area (Å²) in [5.74, 6) is 0. The van der Waals surface area contributed by atoms with Crippen LogP contribution in [0.1, 0.15) is 22.3 Å². The maximum absolute atomic E-state index is 3.64. The molecule has 32 heavy (non-hydrogen) atoms. The highest BCUT2D eigenvalue weighted by Gasteiger charge is 2.51. The van der Waals surface area contributed by atoms with Gasteiger partial charge in [-0.15, -0.1) is 0 Å². The molecule has 2 N–H and O–H groups in total. The first-order valence-electron chi connectivity index (χ1n) is 11.2. The van der Waals surface area contributed by atoms with Crippen LogP contribution in [0.15, 0.2) is 115 Å². The summed E-state index contributed by atoms with van der Waals surface area (Å²) < 4.78 is 0. The van der Waals surface area contributed by atoms with Gasteiger partial charge in [0.2, 0.25) is 0 Å². The van der Waals surface area contributed by atoms with E-state index in [0.29, 0.717) is 0 Å².